The lowest BCUT2D eigenvalue weighted by atomic mass is 9.98. The lowest BCUT2D eigenvalue weighted by Crippen LogP contribution is -2.14. The third-order valence-electron chi connectivity index (χ3n) is 2.52. The highest BCUT2D eigenvalue weighted by atomic mass is 35.5. The normalized spacial score (nSPS) is 20.9. The molecule has 0 saturated carbocycles. The maximum Gasteiger partial charge on any atom is 0.146 e. The van der Waals surface area contributed by atoms with Crippen LogP contribution >= 0.6 is 23.4 Å². The van der Waals surface area contributed by atoms with E-state index >= 15 is 0 Å². The van der Waals surface area contributed by atoms with Gasteiger partial charge < -0.3 is 0 Å². The van der Waals surface area contributed by atoms with E-state index in [-0.39, 0.29) is 22.5 Å². The molecule has 1 aliphatic heterocycles. The van der Waals surface area contributed by atoms with Gasteiger partial charge in [-0.25, -0.2) is 4.39 Å². The molecule has 0 N–H and O–H groups in total. The van der Waals surface area contributed by atoms with Gasteiger partial charge in [-0.1, -0.05) is 23.7 Å². The largest absolute Gasteiger partial charge is 0.298 e. The van der Waals surface area contributed by atoms with Crippen LogP contribution < -0.4 is 0 Å². The maximum atomic E-state index is 13.5. The Morgan fingerprint density at radius 2 is 2.33 bits per heavy atom. The minimum Gasteiger partial charge on any atom is -0.298 e. The van der Waals surface area contributed by atoms with Crippen LogP contribution in [0.3, 0.4) is 0 Å². The second kappa shape index (κ2) is 4.54. The first kappa shape index (κ1) is 11.0. The Balaban J connectivity index is 2.17. The molecule has 1 aromatic carbocycles. The Kier molecular flexibility index (Phi) is 3.32. The van der Waals surface area contributed by atoms with Gasteiger partial charge in [0.25, 0.3) is 0 Å². The van der Waals surface area contributed by atoms with Gasteiger partial charge in [-0.3, -0.25) is 4.79 Å². The molecule has 0 aromatic heterocycles. The molecule has 0 aliphatic carbocycles. The van der Waals surface area contributed by atoms with Gasteiger partial charge in [-0.2, -0.15) is 11.8 Å². The topological polar surface area (TPSA) is 17.1 Å². The van der Waals surface area contributed by atoms with Gasteiger partial charge >= 0.3 is 0 Å². The van der Waals surface area contributed by atoms with Gasteiger partial charge in [0.15, 0.2) is 0 Å². The number of carbonyl (C=O) groups is 1. The van der Waals surface area contributed by atoms with Crippen molar-refractivity contribution >= 4 is 29.1 Å². The molecule has 1 nitrogen and oxygen atoms in total. The van der Waals surface area contributed by atoms with E-state index in [4.69, 9.17) is 11.6 Å². The molecule has 1 aliphatic rings. The van der Waals surface area contributed by atoms with E-state index in [1.807, 2.05) is 0 Å². The SMILES string of the molecule is O=C1CSCC1Cc1cccc(Cl)c1F. The van der Waals surface area contributed by atoms with Gasteiger partial charge in [-0.15, -0.1) is 0 Å². The van der Waals surface area contributed by atoms with Crippen molar-refractivity contribution in [2.24, 2.45) is 5.92 Å². The second-order valence-electron chi connectivity index (χ2n) is 3.60. The average Bonchev–Trinajstić information content (AvgIpc) is 2.60. The number of halogens is 2. The summed E-state index contributed by atoms with van der Waals surface area (Å²) >= 11 is 7.29. The molecule has 2 rings (SSSR count). The molecule has 0 radical (unpaired) electrons. The van der Waals surface area contributed by atoms with Crippen LogP contribution in [-0.4, -0.2) is 17.3 Å². The molecule has 1 heterocycles. The highest BCUT2D eigenvalue weighted by Gasteiger charge is 2.26. The van der Waals surface area contributed by atoms with Crippen LogP contribution in [-0.2, 0) is 11.2 Å². The zero-order valence-corrected chi connectivity index (χ0v) is 9.58. The number of hydrogen-bond acceptors (Lipinski definition) is 2. The van der Waals surface area contributed by atoms with Crippen molar-refractivity contribution in [3.63, 3.8) is 0 Å². The van der Waals surface area contributed by atoms with Crippen LogP contribution in [0.25, 0.3) is 0 Å². The molecule has 1 unspecified atom stereocenters. The molecule has 0 spiro atoms. The van der Waals surface area contributed by atoms with E-state index in [0.29, 0.717) is 17.7 Å². The van der Waals surface area contributed by atoms with Crippen LogP contribution in [0, 0.1) is 11.7 Å². The monoisotopic (exact) mass is 244 g/mol. The summed E-state index contributed by atoms with van der Waals surface area (Å²) in [5.41, 5.74) is 0.545. The molecular formula is C11H10ClFOS. The van der Waals surface area contributed by atoms with Crippen molar-refractivity contribution in [2.75, 3.05) is 11.5 Å². The van der Waals surface area contributed by atoms with Crippen LogP contribution in [0.1, 0.15) is 5.56 Å². The zero-order valence-electron chi connectivity index (χ0n) is 8.00. The minimum absolute atomic E-state index is 0.0389. The number of benzene rings is 1. The number of rotatable bonds is 2. The summed E-state index contributed by atoms with van der Waals surface area (Å²) in [7, 11) is 0. The average molecular weight is 245 g/mol. The van der Waals surface area contributed by atoms with E-state index in [9.17, 15) is 9.18 Å². The lowest BCUT2D eigenvalue weighted by molar-refractivity contribution is -0.119. The van der Waals surface area contributed by atoms with Crippen molar-refractivity contribution in [1.82, 2.24) is 0 Å². The highest BCUT2D eigenvalue weighted by Crippen LogP contribution is 2.26. The molecule has 4 heteroatoms. The molecular weight excluding hydrogens is 235 g/mol. The van der Waals surface area contributed by atoms with Gasteiger partial charge in [0.05, 0.1) is 10.8 Å². The molecule has 1 saturated heterocycles. The van der Waals surface area contributed by atoms with Crippen LogP contribution in [0.15, 0.2) is 18.2 Å². The van der Waals surface area contributed by atoms with Crippen molar-refractivity contribution in [3.05, 3.63) is 34.6 Å². The summed E-state index contributed by atoms with van der Waals surface area (Å²) in [5.74, 6) is 1.16. The predicted molar refractivity (Wildman–Crippen MR) is 60.9 cm³/mol. The Bertz CT molecular complexity index is 394. The third-order valence-corrected chi connectivity index (χ3v) is 3.94. The first-order chi connectivity index (χ1) is 7.18. The standard InChI is InChI=1S/C11H10ClFOS/c12-9-3-1-2-7(11(9)13)4-8-5-15-6-10(8)14/h1-3,8H,4-6H2. The first-order valence-electron chi connectivity index (χ1n) is 4.72. The molecule has 1 fully saturated rings. The fourth-order valence-electron chi connectivity index (χ4n) is 1.66. The van der Waals surface area contributed by atoms with Crippen LogP contribution in [0.5, 0.6) is 0 Å². The molecule has 15 heavy (non-hydrogen) atoms. The number of Topliss-reactive ketones (excluding diaryl/α,β-unsaturated/α-hetero) is 1. The smallest absolute Gasteiger partial charge is 0.146 e. The predicted octanol–water partition coefficient (Wildman–Crippen LogP) is 2.95. The molecule has 1 aromatic rings. The van der Waals surface area contributed by atoms with E-state index in [1.54, 1.807) is 23.9 Å². The Labute approximate surface area is 97.0 Å². The lowest BCUT2D eigenvalue weighted by Gasteiger charge is -2.08. The summed E-state index contributed by atoms with van der Waals surface area (Å²) in [5, 5.41) is 0.130. The van der Waals surface area contributed by atoms with E-state index in [2.05, 4.69) is 0 Å². The fraction of sp³-hybridized carbons (Fsp3) is 0.364. The summed E-state index contributed by atoms with van der Waals surface area (Å²) in [6, 6.07) is 4.93. The number of ketones is 1. The molecule has 80 valence electrons. The highest BCUT2D eigenvalue weighted by molar-refractivity contribution is 8.00. The summed E-state index contributed by atoms with van der Waals surface area (Å²) in [4.78, 5) is 11.4. The van der Waals surface area contributed by atoms with Crippen molar-refractivity contribution < 1.29 is 9.18 Å². The maximum absolute atomic E-state index is 13.5. The zero-order chi connectivity index (χ0) is 10.8. The summed E-state index contributed by atoms with van der Waals surface area (Å²) in [6.07, 6.45) is 0.470. The van der Waals surface area contributed by atoms with Crippen LogP contribution in [0.4, 0.5) is 4.39 Å². The fourth-order valence-corrected chi connectivity index (χ4v) is 2.99. The van der Waals surface area contributed by atoms with E-state index in [0.717, 1.165) is 5.75 Å². The van der Waals surface area contributed by atoms with E-state index in [1.165, 1.54) is 6.07 Å². The Morgan fingerprint density at radius 3 is 3.00 bits per heavy atom. The van der Waals surface area contributed by atoms with Crippen molar-refractivity contribution in [3.8, 4) is 0 Å². The van der Waals surface area contributed by atoms with E-state index < -0.39 is 0 Å². The quantitative estimate of drug-likeness (QED) is 0.796. The van der Waals surface area contributed by atoms with Crippen molar-refractivity contribution in [2.45, 2.75) is 6.42 Å². The number of thioether (sulfide) groups is 1. The third kappa shape index (κ3) is 2.34. The summed E-state index contributed by atoms with van der Waals surface area (Å²) < 4.78 is 13.5. The number of hydrogen-bond donors (Lipinski definition) is 0. The van der Waals surface area contributed by atoms with Crippen molar-refractivity contribution in [1.29, 1.82) is 0 Å². The van der Waals surface area contributed by atoms with Gasteiger partial charge in [0, 0.05) is 11.7 Å². The van der Waals surface area contributed by atoms with Crippen LogP contribution in [0.2, 0.25) is 5.02 Å². The molecule has 0 bridgehead atoms. The Hall–Kier alpha value is -0.540. The number of carbonyl (C=O) groups excluding carboxylic acids is 1. The second-order valence-corrected chi connectivity index (χ2v) is 5.03. The van der Waals surface area contributed by atoms with Gasteiger partial charge in [0.2, 0.25) is 0 Å². The summed E-state index contributed by atoms with van der Waals surface area (Å²) in [6.45, 7) is 0. The Morgan fingerprint density at radius 1 is 1.53 bits per heavy atom. The van der Waals surface area contributed by atoms with Gasteiger partial charge in [0.1, 0.15) is 11.6 Å². The molecule has 1 atom stereocenters. The molecule has 0 amide bonds. The first-order valence-corrected chi connectivity index (χ1v) is 6.25. The minimum atomic E-state index is -0.385. The van der Waals surface area contributed by atoms with Gasteiger partial charge in [-0.05, 0) is 18.1 Å².